The quantitative estimate of drug-likeness (QED) is 0.293. The summed E-state index contributed by atoms with van der Waals surface area (Å²) in [6.45, 7) is 5.45. The zero-order valence-corrected chi connectivity index (χ0v) is 18.4. The van der Waals surface area contributed by atoms with E-state index >= 15 is 0 Å². The average Bonchev–Trinajstić information content (AvgIpc) is 2.76. The summed E-state index contributed by atoms with van der Waals surface area (Å²) in [5, 5.41) is 0. The van der Waals surface area contributed by atoms with E-state index in [0.717, 1.165) is 36.5 Å². The second-order valence-electron chi connectivity index (χ2n) is 9.29. The van der Waals surface area contributed by atoms with Crippen molar-refractivity contribution in [1.82, 2.24) is 0 Å². The number of rotatable bonds is 10. The summed E-state index contributed by atoms with van der Waals surface area (Å²) in [6.07, 6.45) is 20.2. The third-order valence-corrected chi connectivity index (χ3v) is 7.36. The Kier molecular flexibility index (Phi) is 8.96. The molecule has 1 atom stereocenters. The first-order chi connectivity index (χ1) is 13.8. The van der Waals surface area contributed by atoms with Crippen LogP contribution in [0, 0.1) is 17.8 Å². The van der Waals surface area contributed by atoms with Gasteiger partial charge in [-0.25, -0.2) is 0 Å². The third-order valence-electron chi connectivity index (χ3n) is 7.36. The van der Waals surface area contributed by atoms with Gasteiger partial charge in [-0.2, -0.15) is 0 Å². The maximum Gasteiger partial charge on any atom is 0.119 e. The molecule has 1 nitrogen and oxygen atoms in total. The highest BCUT2D eigenvalue weighted by Crippen LogP contribution is 2.40. The van der Waals surface area contributed by atoms with Gasteiger partial charge in [0.2, 0.25) is 0 Å². The molecule has 0 amide bonds. The summed E-state index contributed by atoms with van der Waals surface area (Å²) in [5.74, 6) is 4.05. The van der Waals surface area contributed by atoms with Crippen LogP contribution in [0.4, 0.5) is 0 Å². The predicted molar refractivity (Wildman–Crippen MR) is 121 cm³/mol. The van der Waals surface area contributed by atoms with Crippen LogP contribution in [-0.4, -0.2) is 6.61 Å². The van der Waals surface area contributed by atoms with Crippen molar-refractivity contribution in [3.8, 4) is 5.75 Å². The van der Waals surface area contributed by atoms with Gasteiger partial charge in [-0.1, -0.05) is 69.7 Å². The molecule has 28 heavy (non-hydrogen) atoms. The Balaban J connectivity index is 1.37. The van der Waals surface area contributed by atoms with Crippen molar-refractivity contribution in [3.05, 3.63) is 41.5 Å². The molecule has 156 valence electrons. The fraction of sp³-hybridized carbons (Fsp3) is 0.704. The van der Waals surface area contributed by atoms with Gasteiger partial charge in [0.15, 0.2) is 0 Å². The van der Waals surface area contributed by atoms with Gasteiger partial charge in [0.05, 0.1) is 6.61 Å². The highest BCUT2D eigenvalue weighted by Gasteiger charge is 2.27. The van der Waals surface area contributed by atoms with Crippen molar-refractivity contribution < 1.29 is 4.74 Å². The van der Waals surface area contributed by atoms with E-state index in [1.165, 1.54) is 82.6 Å². The second-order valence-corrected chi connectivity index (χ2v) is 9.29. The van der Waals surface area contributed by atoms with E-state index in [4.69, 9.17) is 4.74 Å². The van der Waals surface area contributed by atoms with Gasteiger partial charge in [-0.05, 0) is 86.8 Å². The van der Waals surface area contributed by atoms with E-state index in [1.807, 2.05) is 0 Å². The van der Waals surface area contributed by atoms with Gasteiger partial charge >= 0.3 is 0 Å². The van der Waals surface area contributed by atoms with E-state index in [0.29, 0.717) is 0 Å². The molecule has 1 heteroatoms. The SMILES string of the molecule is CCCCCOc1ccc(CCC2=CCC(C3CCC(CC)CC3)CC2)cc1. The van der Waals surface area contributed by atoms with Crippen molar-refractivity contribution >= 4 is 0 Å². The Morgan fingerprint density at radius 2 is 1.64 bits per heavy atom. The molecule has 1 fully saturated rings. The molecular weight excluding hydrogens is 340 g/mol. The van der Waals surface area contributed by atoms with Crippen LogP contribution >= 0.6 is 0 Å². The Morgan fingerprint density at radius 1 is 0.857 bits per heavy atom. The zero-order valence-electron chi connectivity index (χ0n) is 18.4. The summed E-state index contributed by atoms with van der Waals surface area (Å²) in [6, 6.07) is 8.82. The Morgan fingerprint density at radius 3 is 2.29 bits per heavy atom. The highest BCUT2D eigenvalue weighted by molar-refractivity contribution is 5.28. The molecular formula is C27H42O. The van der Waals surface area contributed by atoms with E-state index in [2.05, 4.69) is 44.2 Å². The van der Waals surface area contributed by atoms with Gasteiger partial charge in [-0.15, -0.1) is 0 Å². The van der Waals surface area contributed by atoms with Crippen LogP contribution in [-0.2, 0) is 6.42 Å². The fourth-order valence-electron chi connectivity index (χ4n) is 5.23. The minimum Gasteiger partial charge on any atom is -0.494 e. The third kappa shape index (κ3) is 6.68. The maximum atomic E-state index is 5.83. The van der Waals surface area contributed by atoms with Crippen LogP contribution in [0.1, 0.15) is 96.5 Å². The zero-order chi connectivity index (χ0) is 19.6. The summed E-state index contributed by atoms with van der Waals surface area (Å²) < 4.78 is 5.83. The molecule has 3 rings (SSSR count). The molecule has 0 spiro atoms. The molecule has 0 bridgehead atoms. The van der Waals surface area contributed by atoms with E-state index in [9.17, 15) is 0 Å². The molecule has 0 aliphatic heterocycles. The summed E-state index contributed by atoms with van der Waals surface area (Å²) in [7, 11) is 0. The molecule has 1 aromatic carbocycles. The van der Waals surface area contributed by atoms with Crippen LogP contribution in [0.25, 0.3) is 0 Å². The fourth-order valence-corrected chi connectivity index (χ4v) is 5.23. The lowest BCUT2D eigenvalue weighted by Gasteiger charge is -2.35. The van der Waals surface area contributed by atoms with E-state index in [-0.39, 0.29) is 0 Å². The average molecular weight is 383 g/mol. The van der Waals surface area contributed by atoms with Crippen molar-refractivity contribution in [2.75, 3.05) is 6.61 Å². The first-order valence-corrected chi connectivity index (χ1v) is 12.2. The number of aryl methyl sites for hydroxylation is 1. The van der Waals surface area contributed by atoms with Crippen molar-refractivity contribution in [1.29, 1.82) is 0 Å². The molecule has 1 unspecified atom stereocenters. The van der Waals surface area contributed by atoms with Gasteiger partial charge in [0, 0.05) is 0 Å². The van der Waals surface area contributed by atoms with E-state index in [1.54, 1.807) is 5.57 Å². The molecule has 0 saturated heterocycles. The number of benzene rings is 1. The minimum absolute atomic E-state index is 0.849. The van der Waals surface area contributed by atoms with Crippen LogP contribution in [0.5, 0.6) is 5.75 Å². The smallest absolute Gasteiger partial charge is 0.119 e. The Bertz CT molecular complexity index is 577. The predicted octanol–water partition coefficient (Wildman–Crippen LogP) is 8.13. The van der Waals surface area contributed by atoms with Gasteiger partial charge in [0.25, 0.3) is 0 Å². The first kappa shape index (κ1) is 21.5. The monoisotopic (exact) mass is 382 g/mol. The topological polar surface area (TPSA) is 9.23 Å². The lowest BCUT2D eigenvalue weighted by atomic mass is 9.71. The molecule has 0 radical (unpaired) electrons. The lowest BCUT2D eigenvalue weighted by molar-refractivity contribution is 0.189. The van der Waals surface area contributed by atoms with Gasteiger partial charge < -0.3 is 4.74 Å². The molecule has 0 N–H and O–H groups in total. The molecule has 2 aliphatic carbocycles. The van der Waals surface area contributed by atoms with Crippen LogP contribution in [0.3, 0.4) is 0 Å². The van der Waals surface area contributed by atoms with Gasteiger partial charge in [0.1, 0.15) is 5.75 Å². The maximum absolute atomic E-state index is 5.83. The molecule has 1 aromatic rings. The number of allylic oxidation sites excluding steroid dienone is 2. The highest BCUT2D eigenvalue weighted by atomic mass is 16.5. The molecule has 1 saturated carbocycles. The minimum atomic E-state index is 0.849. The number of ether oxygens (including phenoxy) is 1. The van der Waals surface area contributed by atoms with Crippen LogP contribution in [0.15, 0.2) is 35.9 Å². The van der Waals surface area contributed by atoms with Crippen molar-refractivity contribution in [2.24, 2.45) is 17.8 Å². The molecule has 0 heterocycles. The molecule has 0 aromatic heterocycles. The summed E-state index contributed by atoms with van der Waals surface area (Å²) in [4.78, 5) is 0. The Labute approximate surface area is 174 Å². The number of hydrogen-bond donors (Lipinski definition) is 0. The second kappa shape index (κ2) is 11.7. The van der Waals surface area contributed by atoms with Crippen molar-refractivity contribution in [2.45, 2.75) is 97.3 Å². The van der Waals surface area contributed by atoms with Gasteiger partial charge in [-0.3, -0.25) is 0 Å². The lowest BCUT2D eigenvalue weighted by Crippen LogP contribution is -2.23. The van der Waals surface area contributed by atoms with E-state index < -0.39 is 0 Å². The largest absolute Gasteiger partial charge is 0.494 e. The summed E-state index contributed by atoms with van der Waals surface area (Å²) >= 11 is 0. The standard InChI is InChI=1S/C27H42O/c1-3-5-6-21-28-27-19-13-24(14-20-27)8-7-23-11-17-26(18-12-23)25-15-9-22(4-2)10-16-25/h11,13-14,19-20,22,25-26H,3-10,12,15-18,21H2,1-2H3. The number of unbranched alkanes of at least 4 members (excludes halogenated alkanes) is 2. The Hall–Kier alpha value is -1.24. The van der Waals surface area contributed by atoms with Crippen LogP contribution in [0.2, 0.25) is 0 Å². The van der Waals surface area contributed by atoms with Crippen LogP contribution < -0.4 is 4.74 Å². The molecule has 2 aliphatic rings. The number of hydrogen-bond acceptors (Lipinski definition) is 1. The summed E-state index contributed by atoms with van der Waals surface area (Å²) in [5.41, 5.74) is 3.15. The first-order valence-electron chi connectivity index (χ1n) is 12.2. The normalized spacial score (nSPS) is 25.4. The van der Waals surface area contributed by atoms with Crippen molar-refractivity contribution in [3.63, 3.8) is 0 Å².